The molecular weight excluding hydrogens is 378 g/mol. The lowest BCUT2D eigenvalue weighted by Crippen LogP contribution is -2.59. The minimum absolute atomic E-state index is 0.0358. The number of fused-ring (bicyclic) bond motifs is 3. The number of likely N-dealkylation sites (tertiary alicyclic amines) is 1. The number of ether oxygens (including phenoxy) is 2. The Labute approximate surface area is 177 Å². The topological polar surface area (TPSA) is 55.8 Å². The SMILES string of the molecule is C#CCC1(C(=O)OC)CCCCN1C(=O)OCC1c2ccccc2-c2ccccc21. The third-order valence-electron chi connectivity index (χ3n) is 6.26. The van der Waals surface area contributed by atoms with E-state index in [0.29, 0.717) is 13.0 Å². The summed E-state index contributed by atoms with van der Waals surface area (Å²) in [6.07, 6.45) is 7.23. The standard InChI is InChI=1S/C25H25NO4/c1-3-14-25(23(27)29-2)15-8-9-16-26(25)24(28)30-17-22-20-12-6-4-10-18(20)19-11-5-7-13-21(19)22/h1,4-7,10-13,22H,8-9,14-17H2,2H3. The highest BCUT2D eigenvalue weighted by Gasteiger charge is 2.49. The number of piperidine rings is 1. The van der Waals surface area contributed by atoms with Gasteiger partial charge >= 0.3 is 12.1 Å². The Morgan fingerprint density at radius 2 is 1.73 bits per heavy atom. The number of benzene rings is 2. The number of terminal acetylenes is 1. The second kappa shape index (κ2) is 8.23. The van der Waals surface area contributed by atoms with E-state index in [0.717, 1.165) is 24.0 Å². The van der Waals surface area contributed by atoms with E-state index in [9.17, 15) is 9.59 Å². The molecule has 5 nitrogen and oxygen atoms in total. The molecule has 0 aromatic heterocycles. The highest BCUT2D eigenvalue weighted by Crippen LogP contribution is 2.44. The number of nitrogens with zero attached hydrogens (tertiary/aromatic N) is 1. The van der Waals surface area contributed by atoms with E-state index in [1.54, 1.807) is 0 Å². The zero-order valence-electron chi connectivity index (χ0n) is 17.1. The van der Waals surface area contributed by atoms with Gasteiger partial charge in [-0.3, -0.25) is 4.90 Å². The van der Waals surface area contributed by atoms with Crippen LogP contribution >= 0.6 is 0 Å². The lowest BCUT2D eigenvalue weighted by Gasteiger charge is -2.43. The van der Waals surface area contributed by atoms with E-state index in [1.165, 1.54) is 23.1 Å². The first-order chi connectivity index (χ1) is 14.6. The third kappa shape index (κ3) is 3.23. The van der Waals surface area contributed by atoms with E-state index in [2.05, 4.69) is 30.2 Å². The zero-order chi connectivity index (χ0) is 21.1. The van der Waals surface area contributed by atoms with Crippen molar-refractivity contribution < 1.29 is 19.1 Å². The van der Waals surface area contributed by atoms with Crippen LogP contribution in [0.15, 0.2) is 48.5 Å². The summed E-state index contributed by atoms with van der Waals surface area (Å²) in [5.74, 6) is 2.04. The highest BCUT2D eigenvalue weighted by molar-refractivity contribution is 5.86. The van der Waals surface area contributed by atoms with Crippen LogP contribution in [0.2, 0.25) is 0 Å². The molecule has 1 aliphatic heterocycles. The van der Waals surface area contributed by atoms with E-state index in [4.69, 9.17) is 15.9 Å². The average molecular weight is 403 g/mol. The number of methoxy groups -OCH3 is 1. The van der Waals surface area contributed by atoms with Crippen LogP contribution in [0.3, 0.4) is 0 Å². The number of hydrogen-bond acceptors (Lipinski definition) is 4. The summed E-state index contributed by atoms with van der Waals surface area (Å²) < 4.78 is 10.8. The number of carbonyl (C=O) groups excluding carboxylic acids is 2. The summed E-state index contributed by atoms with van der Waals surface area (Å²) in [5, 5.41) is 0. The van der Waals surface area contributed by atoms with Crippen LogP contribution in [-0.4, -0.2) is 42.8 Å². The maximum atomic E-state index is 13.1. The predicted molar refractivity (Wildman–Crippen MR) is 114 cm³/mol. The normalized spacial score (nSPS) is 20.1. The summed E-state index contributed by atoms with van der Waals surface area (Å²) in [5.41, 5.74) is 3.48. The fourth-order valence-corrected chi connectivity index (χ4v) is 4.80. The molecule has 2 aliphatic rings. The summed E-state index contributed by atoms with van der Waals surface area (Å²) in [6.45, 7) is 0.629. The second-order valence-electron chi connectivity index (χ2n) is 7.82. The summed E-state index contributed by atoms with van der Waals surface area (Å²) in [4.78, 5) is 27.2. The van der Waals surface area contributed by atoms with Crippen molar-refractivity contribution in [3.63, 3.8) is 0 Å². The molecule has 0 radical (unpaired) electrons. The number of esters is 1. The van der Waals surface area contributed by atoms with Crippen molar-refractivity contribution in [2.24, 2.45) is 0 Å². The largest absolute Gasteiger partial charge is 0.467 e. The minimum Gasteiger partial charge on any atom is -0.467 e. The van der Waals surface area contributed by atoms with Crippen LogP contribution in [0.5, 0.6) is 0 Å². The first kappa shape index (κ1) is 20.0. The van der Waals surface area contributed by atoms with Gasteiger partial charge in [0, 0.05) is 18.9 Å². The second-order valence-corrected chi connectivity index (χ2v) is 7.82. The molecule has 30 heavy (non-hydrogen) atoms. The van der Waals surface area contributed by atoms with Crippen molar-refractivity contribution in [3.8, 4) is 23.5 Å². The van der Waals surface area contributed by atoms with Crippen LogP contribution in [0.4, 0.5) is 4.79 Å². The molecule has 0 spiro atoms. The molecule has 1 heterocycles. The molecule has 1 aliphatic carbocycles. The summed E-state index contributed by atoms with van der Waals surface area (Å²) in [6, 6.07) is 16.4. The fourth-order valence-electron chi connectivity index (χ4n) is 4.80. The van der Waals surface area contributed by atoms with Gasteiger partial charge in [-0.1, -0.05) is 48.5 Å². The Morgan fingerprint density at radius 3 is 2.33 bits per heavy atom. The maximum absolute atomic E-state index is 13.1. The molecule has 1 fully saturated rings. The first-order valence-corrected chi connectivity index (χ1v) is 10.3. The van der Waals surface area contributed by atoms with Gasteiger partial charge < -0.3 is 9.47 Å². The summed E-state index contributed by atoms with van der Waals surface area (Å²) >= 11 is 0. The van der Waals surface area contributed by atoms with Gasteiger partial charge in [0.1, 0.15) is 6.61 Å². The van der Waals surface area contributed by atoms with Gasteiger partial charge in [-0.2, -0.15) is 0 Å². The molecule has 2 aromatic rings. The van der Waals surface area contributed by atoms with Gasteiger partial charge in [-0.05, 0) is 41.5 Å². The van der Waals surface area contributed by atoms with Crippen molar-refractivity contribution >= 4 is 12.1 Å². The van der Waals surface area contributed by atoms with E-state index in [1.807, 2.05) is 24.3 Å². The van der Waals surface area contributed by atoms with Gasteiger partial charge in [0.25, 0.3) is 0 Å². The predicted octanol–water partition coefficient (Wildman–Crippen LogP) is 4.36. The van der Waals surface area contributed by atoms with Crippen molar-refractivity contribution in [2.45, 2.75) is 37.1 Å². The van der Waals surface area contributed by atoms with E-state index >= 15 is 0 Å². The monoisotopic (exact) mass is 403 g/mol. The van der Waals surface area contributed by atoms with Crippen LogP contribution in [0.25, 0.3) is 11.1 Å². The number of rotatable bonds is 4. The lowest BCUT2D eigenvalue weighted by molar-refractivity contribution is -0.156. The molecule has 0 saturated carbocycles. The Bertz CT molecular complexity index is 963. The Balaban J connectivity index is 1.57. The maximum Gasteiger partial charge on any atom is 0.410 e. The smallest absolute Gasteiger partial charge is 0.410 e. The number of hydrogen-bond donors (Lipinski definition) is 0. The molecule has 0 N–H and O–H groups in total. The molecule has 1 atom stereocenters. The highest BCUT2D eigenvalue weighted by atomic mass is 16.6. The molecule has 2 aromatic carbocycles. The van der Waals surface area contributed by atoms with Gasteiger partial charge in [-0.25, -0.2) is 9.59 Å². The minimum atomic E-state index is -1.15. The average Bonchev–Trinajstić information content (AvgIpc) is 3.11. The van der Waals surface area contributed by atoms with Crippen LogP contribution in [0, 0.1) is 12.3 Å². The van der Waals surface area contributed by atoms with Crippen molar-refractivity contribution in [1.82, 2.24) is 4.90 Å². The third-order valence-corrected chi connectivity index (χ3v) is 6.26. The molecule has 1 saturated heterocycles. The van der Waals surface area contributed by atoms with Gasteiger partial charge in [-0.15, -0.1) is 12.3 Å². The summed E-state index contributed by atoms with van der Waals surface area (Å²) in [7, 11) is 1.32. The Hall–Kier alpha value is -3.26. The van der Waals surface area contributed by atoms with Crippen molar-refractivity contribution in [1.29, 1.82) is 0 Å². The zero-order valence-corrected chi connectivity index (χ0v) is 17.1. The molecular formula is C25H25NO4. The number of carbonyl (C=O) groups is 2. The molecule has 1 unspecified atom stereocenters. The Kier molecular flexibility index (Phi) is 5.50. The molecule has 1 amide bonds. The Morgan fingerprint density at radius 1 is 1.10 bits per heavy atom. The molecule has 154 valence electrons. The van der Waals surface area contributed by atoms with Crippen LogP contribution in [0.1, 0.15) is 42.7 Å². The van der Waals surface area contributed by atoms with Crippen molar-refractivity contribution in [3.05, 3.63) is 59.7 Å². The van der Waals surface area contributed by atoms with Crippen LogP contribution in [-0.2, 0) is 14.3 Å². The molecule has 5 heteroatoms. The quantitative estimate of drug-likeness (QED) is 0.562. The van der Waals surface area contributed by atoms with E-state index in [-0.39, 0.29) is 18.9 Å². The van der Waals surface area contributed by atoms with Gasteiger partial charge in [0.05, 0.1) is 7.11 Å². The lowest BCUT2D eigenvalue weighted by atomic mass is 9.84. The first-order valence-electron chi connectivity index (χ1n) is 10.3. The van der Waals surface area contributed by atoms with E-state index < -0.39 is 17.6 Å². The molecule has 4 rings (SSSR count). The van der Waals surface area contributed by atoms with Gasteiger partial charge in [0.2, 0.25) is 0 Å². The fraction of sp³-hybridized carbons (Fsp3) is 0.360. The van der Waals surface area contributed by atoms with Gasteiger partial charge in [0.15, 0.2) is 5.54 Å². The number of amides is 1. The van der Waals surface area contributed by atoms with Crippen molar-refractivity contribution in [2.75, 3.05) is 20.3 Å². The van der Waals surface area contributed by atoms with Crippen LogP contribution < -0.4 is 0 Å². The molecule has 0 bridgehead atoms.